The number of nitrogens with zero attached hydrogens (tertiary/aromatic N) is 3. The first-order valence-corrected chi connectivity index (χ1v) is 7.43. The van der Waals surface area contributed by atoms with Crippen molar-refractivity contribution < 1.29 is 4.74 Å². The van der Waals surface area contributed by atoms with Gasteiger partial charge in [-0.25, -0.2) is 4.98 Å². The van der Waals surface area contributed by atoms with Crippen molar-refractivity contribution in [2.75, 3.05) is 7.11 Å². The summed E-state index contributed by atoms with van der Waals surface area (Å²) >= 11 is 6.30. The Balaban J connectivity index is 0.00000208. The predicted molar refractivity (Wildman–Crippen MR) is 97.4 cm³/mol. The lowest BCUT2D eigenvalue weighted by molar-refractivity contribution is 0.379. The first-order valence-electron chi connectivity index (χ1n) is 7.05. The molecular weight excluding hydrogens is 347 g/mol. The monoisotopic (exact) mass is 362 g/mol. The normalized spacial score (nSPS) is 10.1. The topological polar surface area (TPSA) is 73.9 Å². The van der Waals surface area contributed by atoms with E-state index in [4.69, 9.17) is 22.1 Å². The van der Waals surface area contributed by atoms with Gasteiger partial charge in [0.2, 0.25) is 0 Å². The molecule has 0 saturated carbocycles. The number of hydrogen-bond donors (Lipinski definition) is 1. The van der Waals surface area contributed by atoms with E-state index in [1.807, 2.05) is 42.5 Å². The average molecular weight is 363 g/mol. The van der Waals surface area contributed by atoms with E-state index in [1.165, 1.54) is 7.11 Å². The molecule has 5 nitrogen and oxygen atoms in total. The van der Waals surface area contributed by atoms with E-state index in [2.05, 4.69) is 15.0 Å². The summed E-state index contributed by atoms with van der Waals surface area (Å²) in [6.45, 7) is 0.415. The van der Waals surface area contributed by atoms with E-state index in [-0.39, 0.29) is 18.4 Å². The van der Waals surface area contributed by atoms with Crippen LogP contribution in [0.4, 0.5) is 0 Å². The summed E-state index contributed by atoms with van der Waals surface area (Å²) in [5.41, 5.74) is 8.23. The molecule has 7 heteroatoms. The Morgan fingerprint density at radius 1 is 1.00 bits per heavy atom. The maximum Gasteiger partial charge on any atom is 0.320 e. The van der Waals surface area contributed by atoms with Gasteiger partial charge in [-0.2, -0.15) is 9.97 Å². The second-order valence-corrected chi connectivity index (χ2v) is 5.26. The third kappa shape index (κ3) is 3.82. The van der Waals surface area contributed by atoms with E-state index in [9.17, 15) is 0 Å². The minimum Gasteiger partial charge on any atom is -0.467 e. The SMILES string of the molecule is COc1nc(-c2ccccc2)nc(-c2cc(CN)ccc2Cl)n1.Cl. The first kappa shape index (κ1) is 18.1. The quantitative estimate of drug-likeness (QED) is 0.764. The minimum absolute atomic E-state index is 0. The van der Waals surface area contributed by atoms with Gasteiger partial charge >= 0.3 is 6.01 Å². The molecule has 0 fully saturated rings. The predicted octanol–water partition coefficient (Wildman–Crippen LogP) is 3.75. The van der Waals surface area contributed by atoms with Crippen LogP contribution in [0.25, 0.3) is 22.8 Å². The molecule has 0 unspecified atom stereocenters. The van der Waals surface area contributed by atoms with Crippen molar-refractivity contribution in [3.8, 4) is 28.8 Å². The van der Waals surface area contributed by atoms with Crippen LogP contribution in [0.5, 0.6) is 6.01 Å². The standard InChI is InChI=1S/C17H15ClN4O.ClH/c1-23-17-21-15(12-5-3-2-4-6-12)20-16(22-17)13-9-11(10-19)7-8-14(13)18;/h2-9H,10,19H2,1H3;1H. The van der Waals surface area contributed by atoms with Gasteiger partial charge in [0.15, 0.2) is 11.6 Å². The minimum atomic E-state index is 0. The van der Waals surface area contributed by atoms with E-state index in [0.29, 0.717) is 28.8 Å². The smallest absolute Gasteiger partial charge is 0.320 e. The van der Waals surface area contributed by atoms with Crippen molar-refractivity contribution in [1.82, 2.24) is 15.0 Å². The zero-order valence-corrected chi connectivity index (χ0v) is 14.5. The van der Waals surface area contributed by atoms with Crippen molar-refractivity contribution in [2.45, 2.75) is 6.54 Å². The third-order valence-corrected chi connectivity index (χ3v) is 3.67. The Morgan fingerprint density at radius 3 is 2.38 bits per heavy atom. The fourth-order valence-electron chi connectivity index (χ4n) is 2.16. The molecular formula is C17H16Cl2N4O. The van der Waals surface area contributed by atoms with Gasteiger partial charge in [-0.15, -0.1) is 12.4 Å². The number of nitrogens with two attached hydrogens (primary N) is 1. The van der Waals surface area contributed by atoms with Gasteiger partial charge in [0, 0.05) is 17.7 Å². The summed E-state index contributed by atoms with van der Waals surface area (Å²) in [5, 5.41) is 0.550. The van der Waals surface area contributed by atoms with Crippen LogP contribution in [0.1, 0.15) is 5.56 Å². The molecule has 0 bridgehead atoms. The highest BCUT2D eigenvalue weighted by Crippen LogP contribution is 2.28. The highest BCUT2D eigenvalue weighted by molar-refractivity contribution is 6.33. The Bertz CT molecular complexity index is 828. The highest BCUT2D eigenvalue weighted by Gasteiger charge is 2.13. The van der Waals surface area contributed by atoms with Crippen LogP contribution in [0, 0.1) is 0 Å². The lowest BCUT2D eigenvalue weighted by Gasteiger charge is -2.09. The summed E-state index contributed by atoms with van der Waals surface area (Å²) in [6, 6.07) is 15.4. The number of ether oxygens (including phenoxy) is 1. The molecule has 0 atom stereocenters. The fourth-order valence-corrected chi connectivity index (χ4v) is 2.36. The third-order valence-electron chi connectivity index (χ3n) is 3.34. The van der Waals surface area contributed by atoms with Gasteiger partial charge in [-0.05, 0) is 17.7 Å². The van der Waals surface area contributed by atoms with E-state index in [0.717, 1.165) is 11.1 Å². The van der Waals surface area contributed by atoms with Crippen LogP contribution in [0.15, 0.2) is 48.5 Å². The van der Waals surface area contributed by atoms with Gasteiger partial charge in [0.05, 0.1) is 12.1 Å². The molecule has 0 aliphatic carbocycles. The molecule has 0 aliphatic rings. The fraction of sp³-hybridized carbons (Fsp3) is 0.118. The average Bonchev–Trinajstić information content (AvgIpc) is 2.62. The van der Waals surface area contributed by atoms with E-state index in [1.54, 1.807) is 6.07 Å². The number of benzene rings is 2. The van der Waals surface area contributed by atoms with Gasteiger partial charge in [0.25, 0.3) is 0 Å². The number of halogens is 2. The second kappa shape index (κ2) is 8.06. The molecule has 0 radical (unpaired) electrons. The summed E-state index contributed by atoms with van der Waals surface area (Å²) in [4.78, 5) is 13.2. The largest absolute Gasteiger partial charge is 0.467 e. The molecule has 3 rings (SSSR count). The van der Waals surface area contributed by atoms with Crippen LogP contribution in [-0.4, -0.2) is 22.1 Å². The molecule has 124 valence electrons. The van der Waals surface area contributed by atoms with Crippen molar-refractivity contribution in [2.24, 2.45) is 5.73 Å². The van der Waals surface area contributed by atoms with Gasteiger partial charge < -0.3 is 10.5 Å². The summed E-state index contributed by atoms with van der Waals surface area (Å²) in [5.74, 6) is 0.984. The maximum atomic E-state index is 6.30. The Hall–Kier alpha value is -2.21. The number of hydrogen-bond acceptors (Lipinski definition) is 5. The van der Waals surface area contributed by atoms with Crippen LogP contribution >= 0.6 is 24.0 Å². The van der Waals surface area contributed by atoms with Gasteiger partial charge in [0.1, 0.15) is 0 Å². The summed E-state index contributed by atoms with van der Waals surface area (Å²) in [7, 11) is 1.52. The summed E-state index contributed by atoms with van der Waals surface area (Å²) < 4.78 is 5.20. The van der Waals surface area contributed by atoms with Crippen LogP contribution < -0.4 is 10.5 Å². The zero-order valence-electron chi connectivity index (χ0n) is 12.9. The van der Waals surface area contributed by atoms with Gasteiger partial charge in [-0.1, -0.05) is 48.0 Å². The van der Waals surface area contributed by atoms with Crippen LogP contribution in [-0.2, 0) is 6.54 Å². The van der Waals surface area contributed by atoms with Crippen molar-refractivity contribution in [3.63, 3.8) is 0 Å². The zero-order chi connectivity index (χ0) is 16.2. The Labute approximate surface area is 151 Å². The number of aromatic nitrogens is 3. The second-order valence-electron chi connectivity index (χ2n) is 4.85. The van der Waals surface area contributed by atoms with Crippen molar-refractivity contribution in [1.29, 1.82) is 0 Å². The number of rotatable bonds is 4. The maximum absolute atomic E-state index is 6.30. The highest BCUT2D eigenvalue weighted by atomic mass is 35.5. The Kier molecular flexibility index (Phi) is 6.09. The van der Waals surface area contributed by atoms with Gasteiger partial charge in [-0.3, -0.25) is 0 Å². The molecule has 2 N–H and O–H groups in total. The molecule has 0 amide bonds. The molecule has 2 aromatic carbocycles. The number of methoxy groups -OCH3 is 1. The molecule has 1 heterocycles. The molecule has 0 spiro atoms. The lowest BCUT2D eigenvalue weighted by atomic mass is 10.1. The van der Waals surface area contributed by atoms with E-state index < -0.39 is 0 Å². The molecule has 0 saturated heterocycles. The van der Waals surface area contributed by atoms with Crippen LogP contribution in [0.2, 0.25) is 5.02 Å². The Morgan fingerprint density at radius 2 is 1.71 bits per heavy atom. The van der Waals surface area contributed by atoms with Crippen molar-refractivity contribution >= 4 is 24.0 Å². The first-order chi connectivity index (χ1) is 11.2. The van der Waals surface area contributed by atoms with Crippen molar-refractivity contribution in [3.05, 3.63) is 59.1 Å². The molecule has 0 aliphatic heterocycles. The van der Waals surface area contributed by atoms with Crippen LogP contribution in [0.3, 0.4) is 0 Å². The molecule has 24 heavy (non-hydrogen) atoms. The lowest BCUT2D eigenvalue weighted by Crippen LogP contribution is -2.02. The molecule has 3 aromatic rings. The molecule has 1 aromatic heterocycles. The van der Waals surface area contributed by atoms with E-state index >= 15 is 0 Å². The summed E-state index contributed by atoms with van der Waals surface area (Å²) in [6.07, 6.45) is 0.